The second-order valence-corrected chi connectivity index (χ2v) is 4.25. The summed E-state index contributed by atoms with van der Waals surface area (Å²) in [5.41, 5.74) is 2.03. The molecule has 2 aromatic carbocycles. The van der Waals surface area contributed by atoms with E-state index in [1.165, 1.54) is 17.5 Å². The van der Waals surface area contributed by atoms with Gasteiger partial charge in [0.25, 0.3) is 0 Å². The average Bonchev–Trinajstić information content (AvgIpc) is 2.26. The molecule has 16 heavy (non-hydrogen) atoms. The summed E-state index contributed by atoms with van der Waals surface area (Å²) >= 11 is 0. The van der Waals surface area contributed by atoms with E-state index < -0.39 is 0 Å². The van der Waals surface area contributed by atoms with Crippen molar-refractivity contribution in [2.75, 3.05) is 18.0 Å². The second-order valence-electron chi connectivity index (χ2n) is 4.25. The Morgan fingerprint density at radius 2 is 1.75 bits per heavy atom. The third-order valence-electron chi connectivity index (χ3n) is 3.21. The molecule has 0 spiro atoms. The van der Waals surface area contributed by atoms with Gasteiger partial charge >= 0.3 is 0 Å². The third-order valence-corrected chi connectivity index (χ3v) is 3.21. The molecule has 1 saturated heterocycles. The number of anilines is 1. The molecule has 0 bridgehead atoms. The lowest BCUT2D eigenvalue weighted by atomic mass is 10.1. The number of benzene rings is 2. The Bertz CT molecular complexity index is 543. The molecule has 2 nitrogen and oxygen atoms in total. The van der Waals surface area contributed by atoms with Gasteiger partial charge in [0.15, 0.2) is 0 Å². The third kappa shape index (κ3) is 1.47. The topological polar surface area (TPSA) is 20.3 Å². The van der Waals surface area contributed by atoms with Gasteiger partial charge in [0, 0.05) is 24.3 Å². The number of carbonyl (C=O) groups is 1. The number of aldehydes is 1. The Labute approximate surface area is 94.5 Å². The smallest absolute Gasteiger partial charge is 0.150 e. The van der Waals surface area contributed by atoms with Crippen LogP contribution in [0, 0.1) is 0 Å². The number of hydrogen-bond acceptors (Lipinski definition) is 2. The lowest BCUT2D eigenvalue weighted by Gasteiger charge is -2.33. The van der Waals surface area contributed by atoms with E-state index in [0.717, 1.165) is 30.3 Å². The summed E-state index contributed by atoms with van der Waals surface area (Å²) < 4.78 is 0. The summed E-state index contributed by atoms with van der Waals surface area (Å²) in [4.78, 5) is 13.0. The van der Waals surface area contributed by atoms with Gasteiger partial charge < -0.3 is 4.90 Å². The van der Waals surface area contributed by atoms with Gasteiger partial charge in [-0.1, -0.05) is 18.2 Å². The van der Waals surface area contributed by atoms with Gasteiger partial charge in [-0.15, -0.1) is 0 Å². The Morgan fingerprint density at radius 1 is 1.00 bits per heavy atom. The molecule has 0 N–H and O–H groups in total. The Kier molecular flexibility index (Phi) is 2.13. The first kappa shape index (κ1) is 9.40. The van der Waals surface area contributed by atoms with E-state index >= 15 is 0 Å². The molecule has 0 aliphatic carbocycles. The van der Waals surface area contributed by atoms with Crippen LogP contribution in [-0.2, 0) is 0 Å². The molecular formula is C14H13NO. The largest absolute Gasteiger partial charge is 0.371 e. The van der Waals surface area contributed by atoms with Crippen LogP contribution in [0.1, 0.15) is 16.8 Å². The van der Waals surface area contributed by atoms with Crippen molar-refractivity contribution >= 4 is 22.7 Å². The lowest BCUT2D eigenvalue weighted by Crippen LogP contribution is -2.36. The molecule has 3 rings (SSSR count). The van der Waals surface area contributed by atoms with Crippen LogP contribution in [0.15, 0.2) is 36.4 Å². The summed E-state index contributed by atoms with van der Waals surface area (Å²) in [5.74, 6) is 0. The highest BCUT2D eigenvalue weighted by atomic mass is 16.1. The van der Waals surface area contributed by atoms with Crippen molar-refractivity contribution in [1.82, 2.24) is 0 Å². The fraction of sp³-hybridized carbons (Fsp3) is 0.214. The van der Waals surface area contributed by atoms with Crippen molar-refractivity contribution < 1.29 is 4.79 Å². The van der Waals surface area contributed by atoms with E-state index in [1.54, 1.807) is 0 Å². The number of carbonyl (C=O) groups excluding carboxylic acids is 1. The van der Waals surface area contributed by atoms with E-state index in [4.69, 9.17) is 0 Å². The molecular weight excluding hydrogens is 198 g/mol. The monoisotopic (exact) mass is 211 g/mol. The zero-order valence-electron chi connectivity index (χ0n) is 9.02. The molecule has 0 amide bonds. The second kappa shape index (κ2) is 3.63. The summed E-state index contributed by atoms with van der Waals surface area (Å²) in [6.45, 7) is 2.33. The normalized spacial score (nSPS) is 14.9. The molecule has 80 valence electrons. The Hall–Kier alpha value is -1.83. The van der Waals surface area contributed by atoms with Crippen LogP contribution in [0.5, 0.6) is 0 Å². The van der Waals surface area contributed by atoms with Crippen LogP contribution in [-0.4, -0.2) is 19.4 Å². The molecule has 1 aliphatic rings. The lowest BCUT2D eigenvalue weighted by molar-refractivity contribution is 0.112. The molecule has 2 heteroatoms. The van der Waals surface area contributed by atoms with Crippen molar-refractivity contribution in [2.45, 2.75) is 6.42 Å². The van der Waals surface area contributed by atoms with Crippen LogP contribution in [0.4, 0.5) is 5.69 Å². The van der Waals surface area contributed by atoms with Gasteiger partial charge in [0.05, 0.1) is 0 Å². The fourth-order valence-corrected chi connectivity index (χ4v) is 2.10. The number of hydrogen-bond donors (Lipinski definition) is 0. The first-order valence-corrected chi connectivity index (χ1v) is 5.61. The Morgan fingerprint density at radius 3 is 2.44 bits per heavy atom. The quantitative estimate of drug-likeness (QED) is 0.712. The molecule has 0 radical (unpaired) electrons. The molecule has 0 saturated carbocycles. The first-order chi connectivity index (χ1) is 7.86. The average molecular weight is 211 g/mol. The number of fused-ring (bicyclic) bond motifs is 1. The van der Waals surface area contributed by atoms with Gasteiger partial charge in [-0.3, -0.25) is 4.79 Å². The first-order valence-electron chi connectivity index (χ1n) is 5.61. The fourth-order valence-electron chi connectivity index (χ4n) is 2.10. The van der Waals surface area contributed by atoms with Gasteiger partial charge in [-0.05, 0) is 35.4 Å². The summed E-state index contributed by atoms with van der Waals surface area (Å²) in [5, 5.41) is 2.34. The minimum absolute atomic E-state index is 0.740. The maximum atomic E-state index is 10.7. The van der Waals surface area contributed by atoms with E-state index in [0.29, 0.717) is 0 Å². The molecule has 0 atom stereocenters. The zero-order chi connectivity index (χ0) is 11.0. The molecule has 0 aromatic heterocycles. The molecule has 0 unspecified atom stereocenters. The van der Waals surface area contributed by atoms with Crippen molar-refractivity contribution in [3.05, 3.63) is 42.0 Å². The summed E-state index contributed by atoms with van der Waals surface area (Å²) in [6, 6.07) is 12.2. The molecule has 1 heterocycles. The van der Waals surface area contributed by atoms with Crippen molar-refractivity contribution in [2.24, 2.45) is 0 Å². The van der Waals surface area contributed by atoms with Crippen molar-refractivity contribution in [3.8, 4) is 0 Å². The standard InChI is InChI=1S/C14H13NO/c16-10-11-2-3-13-9-14(15-6-1-7-15)5-4-12(13)8-11/h2-5,8-10H,1,6-7H2. The molecule has 2 aromatic rings. The SMILES string of the molecule is O=Cc1ccc2cc(N3CCC3)ccc2c1. The predicted octanol–water partition coefficient (Wildman–Crippen LogP) is 2.86. The number of nitrogens with zero attached hydrogens (tertiary/aromatic N) is 1. The van der Waals surface area contributed by atoms with Crippen LogP contribution in [0.3, 0.4) is 0 Å². The van der Waals surface area contributed by atoms with E-state index in [-0.39, 0.29) is 0 Å². The van der Waals surface area contributed by atoms with Gasteiger partial charge in [-0.25, -0.2) is 0 Å². The van der Waals surface area contributed by atoms with E-state index in [2.05, 4.69) is 23.1 Å². The summed E-state index contributed by atoms with van der Waals surface area (Å²) in [6.07, 6.45) is 2.19. The van der Waals surface area contributed by atoms with Crippen LogP contribution in [0.2, 0.25) is 0 Å². The maximum absolute atomic E-state index is 10.7. The van der Waals surface area contributed by atoms with Gasteiger partial charge in [0.1, 0.15) is 6.29 Å². The van der Waals surface area contributed by atoms with Crippen molar-refractivity contribution in [1.29, 1.82) is 0 Å². The summed E-state index contributed by atoms with van der Waals surface area (Å²) in [7, 11) is 0. The number of rotatable bonds is 2. The highest BCUT2D eigenvalue weighted by molar-refractivity contribution is 5.91. The minimum Gasteiger partial charge on any atom is -0.371 e. The van der Waals surface area contributed by atoms with E-state index in [1.807, 2.05) is 18.2 Å². The maximum Gasteiger partial charge on any atom is 0.150 e. The van der Waals surface area contributed by atoms with Gasteiger partial charge in [0.2, 0.25) is 0 Å². The van der Waals surface area contributed by atoms with Gasteiger partial charge in [-0.2, -0.15) is 0 Å². The highest BCUT2D eigenvalue weighted by Crippen LogP contribution is 2.25. The highest BCUT2D eigenvalue weighted by Gasteiger charge is 2.14. The predicted molar refractivity (Wildman–Crippen MR) is 66.2 cm³/mol. The zero-order valence-corrected chi connectivity index (χ0v) is 9.02. The van der Waals surface area contributed by atoms with E-state index in [9.17, 15) is 4.79 Å². The van der Waals surface area contributed by atoms with Crippen LogP contribution >= 0.6 is 0 Å². The van der Waals surface area contributed by atoms with Crippen LogP contribution in [0.25, 0.3) is 10.8 Å². The van der Waals surface area contributed by atoms with Crippen molar-refractivity contribution in [3.63, 3.8) is 0 Å². The molecule has 1 fully saturated rings. The Balaban J connectivity index is 2.07. The van der Waals surface area contributed by atoms with Crippen LogP contribution < -0.4 is 4.90 Å². The minimum atomic E-state index is 0.740. The molecule has 1 aliphatic heterocycles.